The number of nitrogens with one attached hydrogen (secondary N) is 2. The summed E-state index contributed by atoms with van der Waals surface area (Å²) in [5.74, 6) is -0.0656. The second kappa shape index (κ2) is 15.7. The van der Waals surface area contributed by atoms with E-state index in [1.54, 1.807) is 15.5 Å². The maximum absolute atomic E-state index is 13.8. The SMILES string of the molecule is COCC12CCC(CCN3CCc4c(nc(C(=O)Nc5cccc(-c6cccc(NC(=O)c7nc8c(n7C)CCN(C(=O)OC(C)(C)C)C8)c6C)c5Cl)n4C)C3)(CC1)C2. The number of benzene rings is 2. The average molecular weight is 825 g/mol. The number of carbonyl (C=O) groups is 3. The van der Waals surface area contributed by atoms with Crippen molar-refractivity contribution in [1.82, 2.24) is 28.9 Å². The molecule has 2 fully saturated rings. The summed E-state index contributed by atoms with van der Waals surface area (Å²) in [6.45, 7) is 11.8. The predicted octanol–water partition coefficient (Wildman–Crippen LogP) is 7.93. The number of rotatable bonds is 10. The molecular weight excluding hydrogens is 768 g/mol. The monoisotopic (exact) mass is 824 g/mol. The van der Waals surface area contributed by atoms with E-state index in [1.165, 1.54) is 38.5 Å². The van der Waals surface area contributed by atoms with Crippen molar-refractivity contribution in [2.45, 2.75) is 97.8 Å². The van der Waals surface area contributed by atoms with Gasteiger partial charge in [0, 0.05) is 76.3 Å². The number of amides is 3. The Morgan fingerprint density at radius 3 is 2.03 bits per heavy atom. The van der Waals surface area contributed by atoms with Gasteiger partial charge in [0.25, 0.3) is 11.8 Å². The highest BCUT2D eigenvalue weighted by molar-refractivity contribution is 6.36. The molecular formula is C45H57ClN8O5. The zero-order valence-corrected chi connectivity index (χ0v) is 36.2. The van der Waals surface area contributed by atoms with Crippen LogP contribution >= 0.6 is 11.6 Å². The number of fused-ring (bicyclic) bond motifs is 4. The van der Waals surface area contributed by atoms with Crippen molar-refractivity contribution < 1.29 is 23.9 Å². The summed E-state index contributed by atoms with van der Waals surface area (Å²) >= 11 is 7.06. The summed E-state index contributed by atoms with van der Waals surface area (Å²) < 4.78 is 14.9. The number of nitrogens with zero attached hydrogens (tertiary/aromatic N) is 6. The smallest absolute Gasteiger partial charge is 0.410 e. The van der Waals surface area contributed by atoms with E-state index in [9.17, 15) is 14.4 Å². The standard InChI is InChI=1S/C45H57ClN8O5/c1-28-29(10-8-12-31(28)49-40(55)38-48-34-25-54(22-15-36(34)52(38)6)42(57)59-43(2,3)4)30-11-9-13-32(37(30)46)50-41(56)39-47-33-24-53(21-14-35(33)51(39)5)23-20-44-16-18-45(26-44,19-17-44)27-58-7/h8-13H,14-27H2,1-7H3,(H,49,55)(H,50,56). The molecule has 2 saturated carbocycles. The van der Waals surface area contributed by atoms with Crippen LogP contribution in [-0.4, -0.2) is 85.8 Å². The van der Waals surface area contributed by atoms with Crippen molar-refractivity contribution in [2.24, 2.45) is 24.9 Å². The molecule has 2 aliphatic heterocycles. The van der Waals surface area contributed by atoms with Gasteiger partial charge in [0.2, 0.25) is 0 Å². The molecule has 2 N–H and O–H groups in total. The van der Waals surface area contributed by atoms with E-state index in [0.717, 1.165) is 60.9 Å². The molecule has 2 aromatic heterocycles. The molecule has 3 amide bonds. The zero-order valence-electron chi connectivity index (χ0n) is 35.5. The van der Waals surface area contributed by atoms with Gasteiger partial charge in [-0.3, -0.25) is 14.5 Å². The molecule has 2 bridgehead atoms. The van der Waals surface area contributed by atoms with Crippen molar-refractivity contribution in [3.05, 3.63) is 81.4 Å². The summed E-state index contributed by atoms with van der Waals surface area (Å²) in [4.78, 5) is 53.9. The normalized spacial score (nSPS) is 21.3. The fraction of sp³-hybridized carbons (Fsp3) is 0.533. The fourth-order valence-electron chi connectivity index (χ4n) is 10.1. The first-order valence-corrected chi connectivity index (χ1v) is 21.3. The Bertz CT molecular complexity index is 2300. The number of methoxy groups -OCH3 is 1. The summed E-state index contributed by atoms with van der Waals surface area (Å²) in [6.07, 6.45) is 8.70. The molecule has 0 radical (unpaired) electrons. The second-order valence-electron chi connectivity index (χ2n) is 18.4. The van der Waals surface area contributed by atoms with Gasteiger partial charge in [0.1, 0.15) is 5.60 Å². The van der Waals surface area contributed by atoms with Crippen LogP contribution in [0.1, 0.15) is 109 Å². The first-order chi connectivity index (χ1) is 28.1. The van der Waals surface area contributed by atoms with Crippen LogP contribution < -0.4 is 10.6 Å². The largest absolute Gasteiger partial charge is 0.444 e. The highest BCUT2D eigenvalue weighted by Gasteiger charge is 2.53. The first kappa shape index (κ1) is 41.0. The van der Waals surface area contributed by atoms with Crippen LogP contribution in [0.15, 0.2) is 36.4 Å². The van der Waals surface area contributed by atoms with Crippen LogP contribution in [0.3, 0.4) is 0 Å². The lowest BCUT2D eigenvalue weighted by atomic mass is 9.80. The van der Waals surface area contributed by atoms with Gasteiger partial charge < -0.3 is 34.1 Å². The molecule has 314 valence electrons. The van der Waals surface area contributed by atoms with Gasteiger partial charge in [-0.2, -0.15) is 0 Å². The minimum atomic E-state index is -0.607. The molecule has 0 atom stereocenters. The Morgan fingerprint density at radius 2 is 1.39 bits per heavy atom. The lowest BCUT2D eigenvalue weighted by Gasteiger charge is -2.32. The van der Waals surface area contributed by atoms with E-state index >= 15 is 0 Å². The molecule has 2 aliphatic carbocycles. The number of carbonyl (C=O) groups excluding carboxylic acids is 3. The van der Waals surface area contributed by atoms with Crippen LogP contribution in [0, 0.1) is 17.8 Å². The summed E-state index contributed by atoms with van der Waals surface area (Å²) in [5, 5.41) is 6.47. The Labute approximate surface area is 351 Å². The van der Waals surface area contributed by atoms with Crippen molar-refractivity contribution in [1.29, 1.82) is 0 Å². The second-order valence-corrected chi connectivity index (χ2v) is 18.7. The van der Waals surface area contributed by atoms with Crippen molar-refractivity contribution in [3.63, 3.8) is 0 Å². The van der Waals surface area contributed by atoms with Crippen molar-refractivity contribution >= 4 is 40.9 Å². The van der Waals surface area contributed by atoms with Gasteiger partial charge >= 0.3 is 6.09 Å². The molecule has 4 aliphatic rings. The highest BCUT2D eigenvalue weighted by atomic mass is 35.5. The highest BCUT2D eigenvalue weighted by Crippen LogP contribution is 2.63. The minimum Gasteiger partial charge on any atom is -0.444 e. The lowest BCUT2D eigenvalue weighted by molar-refractivity contribution is 0.0220. The molecule has 13 nitrogen and oxygen atoms in total. The Morgan fingerprint density at radius 1 is 0.814 bits per heavy atom. The number of aromatic nitrogens is 4. The van der Waals surface area contributed by atoms with Gasteiger partial charge in [-0.15, -0.1) is 0 Å². The third kappa shape index (κ3) is 8.01. The van der Waals surface area contributed by atoms with Crippen LogP contribution in [0.5, 0.6) is 0 Å². The molecule has 0 spiro atoms. The van der Waals surface area contributed by atoms with Crippen molar-refractivity contribution in [3.8, 4) is 11.1 Å². The topological polar surface area (TPSA) is 136 Å². The third-order valence-corrected chi connectivity index (χ3v) is 13.7. The van der Waals surface area contributed by atoms with Gasteiger partial charge in [-0.25, -0.2) is 14.8 Å². The maximum Gasteiger partial charge on any atom is 0.410 e. The number of hydrogen-bond acceptors (Lipinski definition) is 8. The van der Waals surface area contributed by atoms with E-state index in [1.807, 2.05) is 83.8 Å². The van der Waals surface area contributed by atoms with E-state index < -0.39 is 11.7 Å². The molecule has 0 saturated heterocycles. The van der Waals surface area contributed by atoms with Crippen molar-refractivity contribution in [2.75, 3.05) is 44.0 Å². The Balaban J connectivity index is 0.928. The number of hydrogen-bond donors (Lipinski definition) is 2. The number of halogens is 1. The Hall–Kier alpha value is -4.72. The average Bonchev–Trinajstić information content (AvgIpc) is 3.94. The van der Waals surface area contributed by atoms with Crippen LogP contribution in [-0.2, 0) is 49.5 Å². The van der Waals surface area contributed by atoms with E-state index in [2.05, 4.69) is 20.5 Å². The number of imidazole rings is 2. The van der Waals surface area contributed by atoms with Crippen LogP contribution in [0.2, 0.25) is 5.02 Å². The molecule has 4 heterocycles. The maximum atomic E-state index is 13.8. The first-order valence-electron chi connectivity index (χ1n) is 20.9. The summed E-state index contributed by atoms with van der Waals surface area (Å²) in [6, 6.07) is 11.2. The third-order valence-electron chi connectivity index (χ3n) is 13.3. The van der Waals surface area contributed by atoms with Crippen LogP contribution in [0.25, 0.3) is 11.1 Å². The molecule has 2 aromatic carbocycles. The van der Waals surface area contributed by atoms with E-state index in [4.69, 9.17) is 26.1 Å². The molecule has 59 heavy (non-hydrogen) atoms. The van der Waals surface area contributed by atoms with E-state index in [0.29, 0.717) is 57.3 Å². The molecule has 4 aromatic rings. The summed E-state index contributed by atoms with van der Waals surface area (Å²) in [5.41, 5.74) is 7.31. The lowest BCUT2D eigenvalue weighted by Crippen LogP contribution is -2.40. The summed E-state index contributed by atoms with van der Waals surface area (Å²) in [7, 11) is 5.57. The van der Waals surface area contributed by atoms with Gasteiger partial charge in [0.15, 0.2) is 11.6 Å². The zero-order chi connectivity index (χ0) is 41.9. The quantitative estimate of drug-likeness (QED) is 0.165. The van der Waals surface area contributed by atoms with Crippen LogP contribution in [0.4, 0.5) is 16.2 Å². The number of anilines is 2. The molecule has 8 rings (SSSR count). The fourth-order valence-corrected chi connectivity index (χ4v) is 10.4. The van der Waals surface area contributed by atoms with Gasteiger partial charge in [0.05, 0.1) is 35.2 Å². The Kier molecular flexibility index (Phi) is 10.9. The molecule has 0 unspecified atom stereocenters. The minimum absolute atomic E-state index is 0.254. The van der Waals surface area contributed by atoms with E-state index in [-0.39, 0.29) is 24.2 Å². The molecule has 14 heteroatoms. The van der Waals surface area contributed by atoms with Gasteiger partial charge in [-0.05, 0) is 107 Å². The van der Waals surface area contributed by atoms with Gasteiger partial charge in [-0.1, -0.05) is 35.9 Å². The number of ether oxygens (including phenoxy) is 2. The predicted molar refractivity (Wildman–Crippen MR) is 228 cm³/mol.